The molecule has 9 nitrogen and oxygen atoms in total. The quantitative estimate of drug-likeness (QED) is 0.446. The Bertz CT molecular complexity index is 1290. The smallest absolute Gasteiger partial charge is 0.256 e. The van der Waals surface area contributed by atoms with E-state index >= 15 is 0 Å². The van der Waals surface area contributed by atoms with Gasteiger partial charge >= 0.3 is 0 Å². The van der Waals surface area contributed by atoms with Gasteiger partial charge in [-0.15, -0.1) is 0 Å². The van der Waals surface area contributed by atoms with E-state index in [-0.39, 0.29) is 25.1 Å². The van der Waals surface area contributed by atoms with Crippen molar-refractivity contribution in [1.82, 2.24) is 24.9 Å². The minimum absolute atomic E-state index is 0.213. The van der Waals surface area contributed by atoms with Crippen molar-refractivity contribution in [3.63, 3.8) is 0 Å². The van der Waals surface area contributed by atoms with Crippen molar-refractivity contribution in [3.05, 3.63) is 71.9 Å². The topological polar surface area (TPSA) is 105 Å². The molecular weight excluding hydrogens is 413 g/mol. The standard InChI is InChI=1S/C22H20FN7O2/c1-13-8-25-21(31)17-11-27-30-12-18(28-16-5-3-2-4-6-16)19(29-20(17)30)24-9-14-7-15(23)10-26-22(14)32-13/h2-7,10-13,28H,8-9H2,1H3,(H,24,29)(H,25,31)/t13-/m0/s1. The highest BCUT2D eigenvalue weighted by Crippen LogP contribution is 2.27. The number of benzene rings is 1. The number of nitrogens with zero attached hydrogens (tertiary/aromatic N) is 4. The zero-order valence-corrected chi connectivity index (χ0v) is 17.2. The van der Waals surface area contributed by atoms with Crippen LogP contribution in [0.5, 0.6) is 5.88 Å². The molecular formula is C22H20FN7O2. The molecule has 0 spiro atoms. The van der Waals surface area contributed by atoms with Crippen molar-refractivity contribution in [2.24, 2.45) is 0 Å². The molecule has 1 amide bonds. The molecule has 0 aliphatic carbocycles. The van der Waals surface area contributed by atoms with Crippen molar-refractivity contribution in [2.45, 2.75) is 19.6 Å². The summed E-state index contributed by atoms with van der Waals surface area (Å²) in [7, 11) is 0. The van der Waals surface area contributed by atoms with E-state index in [9.17, 15) is 9.18 Å². The van der Waals surface area contributed by atoms with Gasteiger partial charge in [-0.1, -0.05) is 18.2 Å². The first-order valence-corrected chi connectivity index (χ1v) is 10.1. The predicted molar refractivity (Wildman–Crippen MR) is 117 cm³/mol. The number of pyridine rings is 1. The van der Waals surface area contributed by atoms with Crippen LogP contribution in [0.4, 0.5) is 21.6 Å². The Labute approximate surface area is 182 Å². The number of carbonyl (C=O) groups excluding carboxylic acids is 1. The van der Waals surface area contributed by atoms with E-state index < -0.39 is 5.82 Å². The van der Waals surface area contributed by atoms with Gasteiger partial charge in [0.05, 0.1) is 25.1 Å². The largest absolute Gasteiger partial charge is 0.473 e. The number of anilines is 3. The minimum Gasteiger partial charge on any atom is -0.473 e. The number of amides is 1. The van der Waals surface area contributed by atoms with Gasteiger partial charge in [-0.2, -0.15) is 5.10 Å². The third-order valence-corrected chi connectivity index (χ3v) is 4.99. The third-order valence-electron chi connectivity index (χ3n) is 4.99. The van der Waals surface area contributed by atoms with Gasteiger partial charge in [0.25, 0.3) is 5.91 Å². The third kappa shape index (κ3) is 3.89. The van der Waals surface area contributed by atoms with Crippen LogP contribution >= 0.6 is 0 Å². The maximum Gasteiger partial charge on any atom is 0.256 e. The Morgan fingerprint density at radius 3 is 2.91 bits per heavy atom. The van der Waals surface area contributed by atoms with Crippen LogP contribution in [-0.4, -0.2) is 38.1 Å². The Morgan fingerprint density at radius 2 is 2.06 bits per heavy atom. The van der Waals surface area contributed by atoms with E-state index in [1.165, 1.54) is 12.3 Å². The van der Waals surface area contributed by atoms with E-state index in [2.05, 4.69) is 31.0 Å². The first kappa shape index (κ1) is 19.7. The molecule has 1 aliphatic rings. The van der Waals surface area contributed by atoms with Crippen LogP contribution in [0.1, 0.15) is 22.8 Å². The molecule has 1 aliphatic heterocycles. The average Bonchev–Trinajstić information content (AvgIpc) is 3.20. The number of fused-ring (bicyclic) bond motifs is 2. The van der Waals surface area contributed by atoms with Gasteiger partial charge < -0.3 is 20.7 Å². The first-order valence-electron chi connectivity index (χ1n) is 10.1. The van der Waals surface area contributed by atoms with Crippen LogP contribution < -0.4 is 20.7 Å². The SMILES string of the molecule is C[C@H]1CNC(=O)c2cnn3cc(Nc4ccccc4)c(nc23)NCc2cc(F)cnc2O1. The Hall–Kier alpha value is -4.21. The molecule has 0 saturated heterocycles. The second-order valence-corrected chi connectivity index (χ2v) is 7.43. The summed E-state index contributed by atoms with van der Waals surface area (Å²) in [6.45, 7) is 2.25. The molecule has 0 radical (unpaired) electrons. The number of ether oxygens (including phenoxy) is 1. The number of hydrogen-bond donors (Lipinski definition) is 3. The van der Waals surface area contributed by atoms with Crippen LogP contribution in [0.25, 0.3) is 5.65 Å². The Morgan fingerprint density at radius 1 is 1.22 bits per heavy atom. The summed E-state index contributed by atoms with van der Waals surface area (Å²) in [6, 6.07) is 11.0. The van der Waals surface area contributed by atoms with Crippen molar-refractivity contribution in [1.29, 1.82) is 0 Å². The summed E-state index contributed by atoms with van der Waals surface area (Å²) in [5, 5.41) is 13.6. The fourth-order valence-electron chi connectivity index (χ4n) is 3.42. The minimum atomic E-state index is -0.469. The molecule has 5 rings (SSSR count). The van der Waals surface area contributed by atoms with E-state index in [1.807, 2.05) is 30.3 Å². The van der Waals surface area contributed by atoms with Crippen molar-refractivity contribution in [3.8, 4) is 5.88 Å². The normalized spacial score (nSPS) is 16.1. The summed E-state index contributed by atoms with van der Waals surface area (Å²) >= 11 is 0. The average molecular weight is 433 g/mol. The van der Waals surface area contributed by atoms with Crippen molar-refractivity contribution >= 4 is 28.7 Å². The zero-order valence-electron chi connectivity index (χ0n) is 17.2. The number of para-hydroxylation sites is 1. The van der Waals surface area contributed by atoms with E-state index in [0.29, 0.717) is 34.2 Å². The maximum atomic E-state index is 13.9. The molecule has 32 heavy (non-hydrogen) atoms. The van der Waals surface area contributed by atoms with Crippen LogP contribution in [0, 0.1) is 5.82 Å². The number of hydrogen-bond acceptors (Lipinski definition) is 7. The summed E-state index contributed by atoms with van der Waals surface area (Å²) in [5.41, 5.74) is 2.75. The van der Waals surface area contributed by atoms with Crippen LogP contribution in [0.3, 0.4) is 0 Å². The van der Waals surface area contributed by atoms with E-state index in [0.717, 1.165) is 11.9 Å². The number of nitrogens with one attached hydrogen (secondary N) is 3. The second kappa shape index (κ2) is 8.14. The predicted octanol–water partition coefficient (Wildman–Crippen LogP) is 3.13. The molecule has 3 aromatic heterocycles. The molecule has 0 saturated carbocycles. The van der Waals surface area contributed by atoms with E-state index in [1.54, 1.807) is 17.6 Å². The number of rotatable bonds is 2. The molecule has 0 fully saturated rings. The first-order chi connectivity index (χ1) is 15.6. The molecule has 162 valence electrons. The lowest BCUT2D eigenvalue weighted by Crippen LogP contribution is -2.33. The Balaban J connectivity index is 1.60. The lowest BCUT2D eigenvalue weighted by Gasteiger charge is -2.17. The summed E-state index contributed by atoms with van der Waals surface area (Å²) in [5.74, 6) is -0.0206. The number of carbonyl (C=O) groups is 1. The highest BCUT2D eigenvalue weighted by molar-refractivity contribution is 6.00. The summed E-state index contributed by atoms with van der Waals surface area (Å²) in [6.07, 6.45) is 3.95. The van der Waals surface area contributed by atoms with Gasteiger partial charge in [0.15, 0.2) is 11.5 Å². The van der Waals surface area contributed by atoms with Crippen molar-refractivity contribution < 1.29 is 13.9 Å². The maximum absolute atomic E-state index is 13.9. The van der Waals surface area contributed by atoms with Gasteiger partial charge in [-0.3, -0.25) is 4.79 Å². The van der Waals surface area contributed by atoms with Gasteiger partial charge in [-0.05, 0) is 25.1 Å². The van der Waals surface area contributed by atoms with E-state index in [4.69, 9.17) is 4.74 Å². The second-order valence-electron chi connectivity index (χ2n) is 7.43. The molecule has 4 heterocycles. The van der Waals surface area contributed by atoms with Gasteiger partial charge in [0.2, 0.25) is 5.88 Å². The van der Waals surface area contributed by atoms with Crippen LogP contribution in [-0.2, 0) is 6.54 Å². The fourth-order valence-corrected chi connectivity index (χ4v) is 3.42. The fraction of sp³-hybridized carbons (Fsp3) is 0.182. The lowest BCUT2D eigenvalue weighted by molar-refractivity contribution is 0.0932. The zero-order chi connectivity index (χ0) is 22.1. The lowest BCUT2D eigenvalue weighted by atomic mass is 10.2. The van der Waals surface area contributed by atoms with Gasteiger partial charge in [0.1, 0.15) is 23.2 Å². The monoisotopic (exact) mass is 433 g/mol. The Kier molecular flexibility index (Phi) is 5.02. The molecule has 2 bridgehead atoms. The molecule has 0 unspecified atom stereocenters. The van der Waals surface area contributed by atoms with Gasteiger partial charge in [0, 0.05) is 17.8 Å². The van der Waals surface area contributed by atoms with Crippen LogP contribution in [0.2, 0.25) is 0 Å². The molecule has 1 aromatic carbocycles. The molecule has 1 atom stereocenters. The van der Waals surface area contributed by atoms with Crippen LogP contribution in [0.15, 0.2) is 55.0 Å². The molecule has 10 heteroatoms. The van der Waals surface area contributed by atoms with Crippen molar-refractivity contribution in [2.75, 3.05) is 17.2 Å². The molecule has 3 N–H and O–H groups in total. The summed E-state index contributed by atoms with van der Waals surface area (Å²) < 4.78 is 21.3. The molecule has 4 aromatic rings. The highest BCUT2D eigenvalue weighted by atomic mass is 19.1. The number of aromatic nitrogens is 4. The number of halogens is 1. The highest BCUT2D eigenvalue weighted by Gasteiger charge is 2.20. The van der Waals surface area contributed by atoms with Gasteiger partial charge in [-0.25, -0.2) is 18.9 Å². The summed E-state index contributed by atoms with van der Waals surface area (Å²) in [4.78, 5) is 21.5.